The van der Waals surface area contributed by atoms with Gasteiger partial charge in [0.2, 0.25) is 0 Å². The molecule has 1 aromatic heterocycles. The molecule has 3 N–H and O–H groups in total. The average molecular weight is 447 g/mol. The number of nitrogens with one attached hydrogen (secondary N) is 3. The molecule has 11 heteroatoms. The lowest BCUT2D eigenvalue weighted by Gasteiger charge is -2.10. The Balaban J connectivity index is 1.74. The highest BCUT2D eigenvalue weighted by atomic mass is 35.5. The van der Waals surface area contributed by atoms with Crippen LogP contribution in [-0.2, 0) is 9.84 Å². The van der Waals surface area contributed by atoms with Crippen LogP contribution < -0.4 is 16.2 Å². The van der Waals surface area contributed by atoms with Crippen molar-refractivity contribution in [1.29, 1.82) is 0 Å². The molecule has 0 saturated carbocycles. The minimum atomic E-state index is -3.45. The number of aromatic nitrogens is 2. The average Bonchev–Trinajstić information content (AvgIpc) is 2.70. The molecule has 3 aromatic rings. The molecule has 3 rings (SSSR count). The van der Waals surface area contributed by atoms with E-state index in [1.54, 1.807) is 0 Å². The first kappa shape index (κ1) is 21.2. The van der Waals surface area contributed by atoms with E-state index in [1.807, 2.05) is 0 Å². The summed E-state index contributed by atoms with van der Waals surface area (Å²) in [5.41, 5.74) is 0.336. The Kier molecular flexibility index (Phi) is 5.99. The maximum absolute atomic E-state index is 12.4. The summed E-state index contributed by atoms with van der Waals surface area (Å²) >= 11 is 6.19. The first-order chi connectivity index (χ1) is 14.1. The first-order valence-corrected chi connectivity index (χ1v) is 10.7. The molecule has 0 unspecified atom stereocenters. The van der Waals surface area contributed by atoms with Crippen molar-refractivity contribution in [3.8, 4) is 0 Å². The fourth-order valence-electron chi connectivity index (χ4n) is 2.42. The number of carbonyl (C=O) groups excluding carboxylic acids is 2. The van der Waals surface area contributed by atoms with Gasteiger partial charge in [0.1, 0.15) is 5.69 Å². The summed E-state index contributed by atoms with van der Waals surface area (Å²) in [6.07, 6.45) is 1.05. The molecule has 0 spiro atoms. The van der Waals surface area contributed by atoms with Gasteiger partial charge in [-0.3, -0.25) is 14.4 Å². The summed E-state index contributed by atoms with van der Waals surface area (Å²) < 4.78 is 23.3. The van der Waals surface area contributed by atoms with Crippen LogP contribution in [-0.4, -0.2) is 36.7 Å². The SMILES string of the molecule is CS(=O)(=O)c1cccc(C(=O)Nc2ccc(NC(=O)c3ccc(=O)[nH]n3)cc2Cl)c1. The summed E-state index contributed by atoms with van der Waals surface area (Å²) in [7, 11) is -3.45. The number of anilines is 2. The third-order valence-corrected chi connectivity index (χ3v) is 5.33. The molecule has 2 amide bonds. The van der Waals surface area contributed by atoms with Crippen molar-refractivity contribution in [2.24, 2.45) is 0 Å². The van der Waals surface area contributed by atoms with Crippen molar-refractivity contribution in [3.63, 3.8) is 0 Å². The van der Waals surface area contributed by atoms with Crippen molar-refractivity contribution in [2.45, 2.75) is 4.90 Å². The Morgan fingerprint density at radius 3 is 2.40 bits per heavy atom. The third-order valence-electron chi connectivity index (χ3n) is 3.91. The number of sulfone groups is 1. The van der Waals surface area contributed by atoms with E-state index in [2.05, 4.69) is 20.8 Å². The molecule has 2 aromatic carbocycles. The van der Waals surface area contributed by atoms with E-state index in [9.17, 15) is 22.8 Å². The first-order valence-electron chi connectivity index (χ1n) is 8.41. The quantitative estimate of drug-likeness (QED) is 0.549. The number of H-pyrrole nitrogens is 1. The van der Waals surface area contributed by atoms with E-state index < -0.39 is 27.2 Å². The standard InChI is InChI=1S/C19H15ClN4O5S/c1-30(28,29)13-4-2-3-11(9-13)18(26)22-15-6-5-12(10-14(15)20)21-19(27)16-7-8-17(25)24-23-16/h2-10H,1H3,(H,21,27)(H,22,26)(H,24,25). The molecule has 30 heavy (non-hydrogen) atoms. The summed E-state index contributed by atoms with van der Waals surface area (Å²) in [5, 5.41) is 11.1. The van der Waals surface area contributed by atoms with Crippen LogP contribution in [0.15, 0.2) is 64.3 Å². The van der Waals surface area contributed by atoms with Gasteiger partial charge in [-0.2, -0.15) is 5.10 Å². The zero-order valence-electron chi connectivity index (χ0n) is 15.5. The fraction of sp³-hybridized carbons (Fsp3) is 0.0526. The molecule has 0 saturated heterocycles. The second-order valence-corrected chi connectivity index (χ2v) is 8.63. The van der Waals surface area contributed by atoms with Crippen LogP contribution in [0, 0.1) is 0 Å². The van der Waals surface area contributed by atoms with Crippen molar-refractivity contribution >= 4 is 44.6 Å². The zero-order chi connectivity index (χ0) is 21.9. The van der Waals surface area contributed by atoms with Gasteiger partial charge in [-0.05, 0) is 42.5 Å². The van der Waals surface area contributed by atoms with Gasteiger partial charge in [0, 0.05) is 23.6 Å². The Labute approximate surface area is 176 Å². The topological polar surface area (TPSA) is 138 Å². The number of aromatic amines is 1. The maximum Gasteiger partial charge on any atom is 0.276 e. The minimum Gasteiger partial charge on any atom is -0.321 e. The van der Waals surface area contributed by atoms with E-state index in [1.165, 1.54) is 54.6 Å². The number of nitrogens with zero attached hydrogens (tertiary/aromatic N) is 1. The summed E-state index contributed by atoms with van der Waals surface area (Å²) in [6.45, 7) is 0. The van der Waals surface area contributed by atoms with Crippen molar-refractivity contribution in [1.82, 2.24) is 10.2 Å². The predicted molar refractivity (Wildman–Crippen MR) is 112 cm³/mol. The van der Waals surface area contributed by atoms with Gasteiger partial charge in [-0.1, -0.05) is 17.7 Å². The summed E-state index contributed by atoms with van der Waals surface area (Å²) in [5.74, 6) is -1.10. The number of rotatable bonds is 5. The lowest BCUT2D eigenvalue weighted by atomic mass is 10.2. The molecular weight excluding hydrogens is 432 g/mol. The second kappa shape index (κ2) is 8.47. The summed E-state index contributed by atoms with van der Waals surface area (Å²) in [6, 6.07) is 12.5. The van der Waals surface area contributed by atoms with Crippen LogP contribution in [0.5, 0.6) is 0 Å². The predicted octanol–water partition coefficient (Wildman–Crippen LogP) is 2.33. The Morgan fingerprint density at radius 1 is 1.00 bits per heavy atom. The molecular formula is C19H15ClN4O5S. The van der Waals surface area contributed by atoms with E-state index >= 15 is 0 Å². The van der Waals surface area contributed by atoms with Gasteiger partial charge in [0.25, 0.3) is 17.4 Å². The highest BCUT2D eigenvalue weighted by Gasteiger charge is 2.14. The maximum atomic E-state index is 12.4. The monoisotopic (exact) mass is 446 g/mol. The van der Waals surface area contributed by atoms with Crippen LogP contribution in [0.25, 0.3) is 0 Å². The molecule has 9 nitrogen and oxygen atoms in total. The van der Waals surface area contributed by atoms with E-state index in [-0.39, 0.29) is 26.9 Å². The Bertz CT molecular complexity index is 1280. The number of hydrogen-bond acceptors (Lipinski definition) is 6. The number of carbonyl (C=O) groups is 2. The largest absolute Gasteiger partial charge is 0.321 e. The Hall–Kier alpha value is -3.50. The number of halogens is 1. The molecule has 0 aliphatic rings. The van der Waals surface area contributed by atoms with Gasteiger partial charge >= 0.3 is 0 Å². The lowest BCUT2D eigenvalue weighted by Crippen LogP contribution is -2.17. The van der Waals surface area contributed by atoms with Gasteiger partial charge in [0.05, 0.1) is 15.6 Å². The van der Waals surface area contributed by atoms with Crippen LogP contribution in [0.3, 0.4) is 0 Å². The summed E-state index contributed by atoms with van der Waals surface area (Å²) in [4.78, 5) is 35.6. The zero-order valence-corrected chi connectivity index (χ0v) is 17.0. The highest BCUT2D eigenvalue weighted by molar-refractivity contribution is 7.90. The lowest BCUT2D eigenvalue weighted by molar-refractivity contribution is 0.101. The van der Waals surface area contributed by atoms with Crippen LogP contribution in [0.1, 0.15) is 20.8 Å². The van der Waals surface area contributed by atoms with E-state index in [0.29, 0.717) is 5.69 Å². The van der Waals surface area contributed by atoms with Crippen LogP contribution in [0.2, 0.25) is 5.02 Å². The smallest absolute Gasteiger partial charge is 0.276 e. The molecule has 0 aliphatic heterocycles. The molecule has 0 atom stereocenters. The molecule has 0 radical (unpaired) electrons. The van der Waals surface area contributed by atoms with E-state index in [4.69, 9.17) is 11.6 Å². The molecule has 0 aliphatic carbocycles. The van der Waals surface area contributed by atoms with Gasteiger partial charge < -0.3 is 10.6 Å². The van der Waals surface area contributed by atoms with Crippen molar-refractivity contribution < 1.29 is 18.0 Å². The molecule has 154 valence electrons. The number of benzene rings is 2. The molecule has 0 bridgehead atoms. The fourth-order valence-corrected chi connectivity index (χ4v) is 3.32. The number of amides is 2. The van der Waals surface area contributed by atoms with Gasteiger partial charge in [-0.25, -0.2) is 13.5 Å². The molecule has 0 fully saturated rings. The third kappa shape index (κ3) is 5.10. The Morgan fingerprint density at radius 2 is 1.77 bits per heavy atom. The normalized spacial score (nSPS) is 11.0. The highest BCUT2D eigenvalue weighted by Crippen LogP contribution is 2.26. The molecule has 1 heterocycles. The van der Waals surface area contributed by atoms with Crippen LogP contribution in [0.4, 0.5) is 11.4 Å². The van der Waals surface area contributed by atoms with Gasteiger partial charge in [0.15, 0.2) is 9.84 Å². The van der Waals surface area contributed by atoms with Crippen LogP contribution >= 0.6 is 11.6 Å². The second-order valence-electron chi connectivity index (χ2n) is 6.21. The van der Waals surface area contributed by atoms with Crippen molar-refractivity contribution in [2.75, 3.05) is 16.9 Å². The van der Waals surface area contributed by atoms with Gasteiger partial charge in [-0.15, -0.1) is 0 Å². The van der Waals surface area contributed by atoms with E-state index in [0.717, 1.165) is 6.26 Å². The van der Waals surface area contributed by atoms with Crippen molar-refractivity contribution in [3.05, 3.63) is 81.2 Å². The minimum absolute atomic E-state index is 0.00820. The number of hydrogen-bond donors (Lipinski definition) is 3.